The summed E-state index contributed by atoms with van der Waals surface area (Å²) in [6.45, 7) is 1.97. The molecule has 0 radical (unpaired) electrons. The van der Waals surface area contributed by atoms with Gasteiger partial charge in [-0.25, -0.2) is 8.91 Å². The Morgan fingerprint density at radius 3 is 3.00 bits per heavy atom. The number of rotatable bonds is 6. The maximum atomic E-state index is 13.4. The summed E-state index contributed by atoms with van der Waals surface area (Å²) in [6, 6.07) is 3.22. The molecule has 3 aromatic heterocycles. The van der Waals surface area contributed by atoms with Crippen molar-refractivity contribution in [1.29, 1.82) is 0 Å². The van der Waals surface area contributed by atoms with Gasteiger partial charge in [0, 0.05) is 11.4 Å². The molecule has 0 unspecified atom stereocenters. The largest absolute Gasteiger partial charge is 0.362 e. The van der Waals surface area contributed by atoms with Crippen LogP contribution >= 0.6 is 39.1 Å². The van der Waals surface area contributed by atoms with E-state index in [0.29, 0.717) is 23.4 Å². The van der Waals surface area contributed by atoms with E-state index in [1.165, 1.54) is 18.5 Å². The predicted octanol–water partition coefficient (Wildman–Crippen LogP) is 3.44. The minimum absolute atomic E-state index is 0.106. The molecule has 128 valence electrons. The molecule has 10 heteroatoms. The van der Waals surface area contributed by atoms with Gasteiger partial charge in [-0.15, -0.1) is 5.10 Å². The Morgan fingerprint density at radius 1 is 1.54 bits per heavy atom. The van der Waals surface area contributed by atoms with Gasteiger partial charge < -0.3 is 11.1 Å². The molecule has 0 saturated heterocycles. The van der Waals surface area contributed by atoms with Gasteiger partial charge >= 0.3 is 0 Å². The van der Waals surface area contributed by atoms with Crippen LogP contribution in [-0.4, -0.2) is 31.2 Å². The van der Waals surface area contributed by atoms with Crippen LogP contribution in [0.2, 0.25) is 5.28 Å². The molecule has 0 amide bonds. The van der Waals surface area contributed by atoms with Gasteiger partial charge in [0.15, 0.2) is 5.82 Å². The van der Waals surface area contributed by atoms with Crippen LogP contribution in [0.3, 0.4) is 0 Å². The van der Waals surface area contributed by atoms with E-state index < -0.39 is 12.2 Å². The number of fused-ring (bicyclic) bond motifs is 1. The second kappa shape index (κ2) is 7.30. The Labute approximate surface area is 155 Å². The smallest absolute Gasteiger partial charge is 0.243 e. The SMILES string of the molecule is C[C@H](F)[C@H](N)Cc1cc2c(NCc3ccsn3)nc(Cl)nn2c1Br. The fraction of sp³-hybridized carbons (Fsp3) is 0.357. The van der Waals surface area contributed by atoms with Gasteiger partial charge in [-0.2, -0.15) is 9.36 Å². The van der Waals surface area contributed by atoms with Crippen LogP contribution in [0.1, 0.15) is 18.2 Å². The van der Waals surface area contributed by atoms with Crippen molar-refractivity contribution in [3.8, 4) is 0 Å². The van der Waals surface area contributed by atoms with Crippen molar-refractivity contribution in [2.24, 2.45) is 5.73 Å². The number of alkyl halides is 1. The Bertz CT molecular complexity index is 838. The lowest BCUT2D eigenvalue weighted by atomic mass is 10.1. The van der Waals surface area contributed by atoms with Crippen molar-refractivity contribution in [3.05, 3.63) is 38.7 Å². The van der Waals surface area contributed by atoms with Gasteiger partial charge in [-0.05, 0) is 70.1 Å². The normalized spacial score (nSPS) is 14.0. The van der Waals surface area contributed by atoms with Crippen LogP contribution in [-0.2, 0) is 13.0 Å². The highest BCUT2D eigenvalue weighted by Gasteiger charge is 2.19. The molecule has 3 N–H and O–H groups in total. The van der Waals surface area contributed by atoms with Crippen LogP contribution in [0, 0.1) is 0 Å². The molecule has 0 aromatic carbocycles. The quantitative estimate of drug-likeness (QED) is 0.622. The van der Waals surface area contributed by atoms with Crippen molar-refractivity contribution in [2.75, 3.05) is 5.32 Å². The van der Waals surface area contributed by atoms with Crippen molar-refractivity contribution < 1.29 is 4.39 Å². The Balaban J connectivity index is 1.94. The van der Waals surface area contributed by atoms with Crippen molar-refractivity contribution in [3.63, 3.8) is 0 Å². The molecule has 0 aliphatic heterocycles. The third-order valence-electron chi connectivity index (χ3n) is 3.59. The molecular formula is C14H15BrClFN6S. The van der Waals surface area contributed by atoms with E-state index in [9.17, 15) is 4.39 Å². The molecular weight excluding hydrogens is 419 g/mol. The van der Waals surface area contributed by atoms with E-state index in [1.807, 2.05) is 17.5 Å². The summed E-state index contributed by atoms with van der Waals surface area (Å²) >= 11 is 10.9. The fourth-order valence-electron chi connectivity index (χ4n) is 2.24. The topological polar surface area (TPSA) is 81.1 Å². The van der Waals surface area contributed by atoms with Crippen molar-refractivity contribution >= 4 is 50.4 Å². The second-order valence-electron chi connectivity index (χ2n) is 5.38. The monoisotopic (exact) mass is 432 g/mol. The molecule has 0 fully saturated rings. The molecule has 0 aliphatic rings. The van der Waals surface area contributed by atoms with Gasteiger partial charge in [-0.3, -0.25) is 0 Å². The van der Waals surface area contributed by atoms with Gasteiger partial charge in [0.1, 0.15) is 16.3 Å². The second-order valence-corrected chi connectivity index (χ2v) is 7.13. The molecule has 0 spiro atoms. The highest BCUT2D eigenvalue weighted by Crippen LogP contribution is 2.28. The third kappa shape index (κ3) is 3.69. The van der Waals surface area contributed by atoms with E-state index in [0.717, 1.165) is 16.8 Å². The standard InChI is InChI=1S/C14H15BrClFN6S/c1-7(17)10(18)4-8-5-11-13(19-6-9-2-3-24-22-9)20-14(16)21-23(11)12(8)15/h2-3,5,7,10H,4,6,18H2,1H3,(H,19,20,21)/t7-,10+/m0/s1. The zero-order valence-electron chi connectivity index (χ0n) is 12.7. The minimum Gasteiger partial charge on any atom is -0.362 e. The first-order valence-corrected chi connectivity index (χ1v) is 9.23. The Hall–Kier alpha value is -1.29. The number of aromatic nitrogens is 4. The van der Waals surface area contributed by atoms with E-state index in [2.05, 4.69) is 35.7 Å². The zero-order chi connectivity index (χ0) is 17.3. The average Bonchev–Trinajstić information content (AvgIpc) is 3.15. The average molecular weight is 434 g/mol. The zero-order valence-corrected chi connectivity index (χ0v) is 15.9. The summed E-state index contributed by atoms with van der Waals surface area (Å²) in [4.78, 5) is 4.24. The highest BCUT2D eigenvalue weighted by atomic mass is 79.9. The van der Waals surface area contributed by atoms with E-state index in [4.69, 9.17) is 17.3 Å². The first kappa shape index (κ1) is 17.5. The number of nitrogens with two attached hydrogens (primary N) is 1. The molecule has 3 heterocycles. The summed E-state index contributed by atoms with van der Waals surface area (Å²) in [5.74, 6) is 0.580. The first-order valence-electron chi connectivity index (χ1n) is 7.22. The lowest BCUT2D eigenvalue weighted by Crippen LogP contribution is -2.31. The van der Waals surface area contributed by atoms with Crippen molar-refractivity contribution in [1.82, 2.24) is 19.0 Å². The maximum absolute atomic E-state index is 13.4. The molecule has 0 bridgehead atoms. The van der Waals surface area contributed by atoms with Gasteiger partial charge in [0.2, 0.25) is 5.28 Å². The van der Waals surface area contributed by atoms with Crippen LogP contribution in [0.4, 0.5) is 10.2 Å². The predicted molar refractivity (Wildman–Crippen MR) is 97.4 cm³/mol. The minimum atomic E-state index is -1.10. The number of anilines is 1. The summed E-state index contributed by atoms with van der Waals surface area (Å²) in [6.07, 6.45) is -0.720. The number of halogens is 3. The number of hydrogen-bond donors (Lipinski definition) is 2. The van der Waals surface area contributed by atoms with E-state index in [1.54, 1.807) is 4.52 Å². The molecule has 3 aromatic rings. The number of hydrogen-bond acceptors (Lipinski definition) is 6. The van der Waals surface area contributed by atoms with Gasteiger partial charge in [0.25, 0.3) is 0 Å². The van der Waals surface area contributed by atoms with E-state index in [-0.39, 0.29) is 5.28 Å². The van der Waals surface area contributed by atoms with Crippen molar-refractivity contribution in [2.45, 2.75) is 32.1 Å². The molecule has 2 atom stereocenters. The maximum Gasteiger partial charge on any atom is 0.243 e. The summed E-state index contributed by atoms with van der Waals surface area (Å²) in [7, 11) is 0. The van der Waals surface area contributed by atoms with Crippen LogP contribution in [0.5, 0.6) is 0 Å². The third-order valence-corrected chi connectivity index (χ3v) is 5.20. The summed E-state index contributed by atoms with van der Waals surface area (Å²) < 4.78 is 19.9. The lowest BCUT2D eigenvalue weighted by molar-refractivity contribution is 0.304. The highest BCUT2D eigenvalue weighted by molar-refractivity contribution is 9.10. The van der Waals surface area contributed by atoms with E-state index >= 15 is 0 Å². The first-order chi connectivity index (χ1) is 11.5. The number of nitrogens with one attached hydrogen (secondary N) is 1. The van der Waals surface area contributed by atoms with Crippen LogP contribution in [0.25, 0.3) is 5.52 Å². The molecule has 0 aliphatic carbocycles. The molecule has 6 nitrogen and oxygen atoms in total. The van der Waals surface area contributed by atoms with Gasteiger partial charge in [0.05, 0.1) is 12.2 Å². The van der Waals surface area contributed by atoms with Crippen LogP contribution in [0.15, 0.2) is 22.1 Å². The lowest BCUT2D eigenvalue weighted by Gasteiger charge is -2.11. The molecule has 0 saturated carbocycles. The summed E-state index contributed by atoms with van der Waals surface area (Å²) in [5, 5.41) is 9.41. The molecule has 3 rings (SSSR count). The summed E-state index contributed by atoms with van der Waals surface area (Å²) in [5.41, 5.74) is 8.33. The van der Waals surface area contributed by atoms with Gasteiger partial charge in [-0.1, -0.05) is 0 Å². The Morgan fingerprint density at radius 2 is 2.33 bits per heavy atom. The number of nitrogens with zero attached hydrogens (tertiary/aromatic N) is 4. The molecule has 24 heavy (non-hydrogen) atoms. The van der Waals surface area contributed by atoms with Crippen LogP contribution < -0.4 is 11.1 Å². The Kier molecular flexibility index (Phi) is 5.33. The fourth-order valence-corrected chi connectivity index (χ4v) is 3.49.